The van der Waals surface area contributed by atoms with E-state index < -0.39 is 18.3 Å². The van der Waals surface area contributed by atoms with E-state index in [1.165, 1.54) is 12.5 Å². The van der Waals surface area contributed by atoms with Gasteiger partial charge in [0.15, 0.2) is 0 Å². The van der Waals surface area contributed by atoms with E-state index in [4.69, 9.17) is 0 Å². The van der Waals surface area contributed by atoms with E-state index in [1.807, 2.05) is 31.2 Å². The van der Waals surface area contributed by atoms with Crippen LogP contribution < -0.4 is 5.32 Å². The number of alkyl halides is 1. The van der Waals surface area contributed by atoms with Crippen molar-refractivity contribution in [3.8, 4) is 0 Å². The molecule has 9 heteroatoms. The number of halogens is 2. The fourth-order valence-corrected chi connectivity index (χ4v) is 4.32. The Morgan fingerprint density at radius 2 is 2.19 bits per heavy atom. The summed E-state index contributed by atoms with van der Waals surface area (Å²) in [6.45, 7) is 4.21. The maximum absolute atomic E-state index is 14.4. The van der Waals surface area contributed by atoms with E-state index in [0.717, 1.165) is 15.7 Å². The van der Waals surface area contributed by atoms with Crippen LogP contribution in [0, 0.1) is 12.8 Å². The Bertz CT molecular complexity index is 1110. The molecular formula is C22H23BrFN5O2. The number of nitrogens with one attached hydrogen (secondary N) is 1. The van der Waals surface area contributed by atoms with Crippen molar-refractivity contribution in [1.82, 2.24) is 19.7 Å². The van der Waals surface area contributed by atoms with Gasteiger partial charge in [-0.3, -0.25) is 9.48 Å². The van der Waals surface area contributed by atoms with Crippen LogP contribution in [0.1, 0.15) is 40.7 Å². The first-order chi connectivity index (χ1) is 14.8. The summed E-state index contributed by atoms with van der Waals surface area (Å²) in [5.41, 5.74) is 2.37. The molecule has 2 N–H and O–H groups in total. The van der Waals surface area contributed by atoms with Crippen LogP contribution in [0.5, 0.6) is 0 Å². The largest absolute Gasteiger partial charge is 0.390 e. The summed E-state index contributed by atoms with van der Waals surface area (Å²) in [6.07, 6.45) is 0.690. The van der Waals surface area contributed by atoms with Crippen molar-refractivity contribution in [1.29, 1.82) is 0 Å². The minimum absolute atomic E-state index is 0.176. The quantitative estimate of drug-likeness (QED) is 0.516. The van der Waals surface area contributed by atoms with Gasteiger partial charge in [-0.05, 0) is 43.0 Å². The van der Waals surface area contributed by atoms with Crippen LogP contribution in [-0.4, -0.2) is 49.0 Å². The second-order valence-electron chi connectivity index (χ2n) is 7.97. The Kier molecular flexibility index (Phi) is 6.15. The first-order valence-electron chi connectivity index (χ1n) is 10.1. The summed E-state index contributed by atoms with van der Waals surface area (Å²) >= 11 is 3.46. The van der Waals surface area contributed by atoms with Crippen molar-refractivity contribution in [2.75, 3.05) is 5.32 Å². The average Bonchev–Trinajstić information content (AvgIpc) is 3.22. The van der Waals surface area contributed by atoms with Crippen molar-refractivity contribution in [3.05, 3.63) is 69.8 Å². The number of aliphatic hydroxyl groups excluding tert-OH is 1. The summed E-state index contributed by atoms with van der Waals surface area (Å²) < 4.78 is 17.1. The van der Waals surface area contributed by atoms with Gasteiger partial charge in [-0.2, -0.15) is 5.10 Å². The molecule has 1 aliphatic rings. The van der Waals surface area contributed by atoms with Gasteiger partial charge in [0.2, 0.25) is 5.78 Å². The minimum Gasteiger partial charge on any atom is -0.390 e. The van der Waals surface area contributed by atoms with Crippen LogP contribution >= 0.6 is 15.9 Å². The first kappa shape index (κ1) is 21.6. The molecule has 2 aromatic heterocycles. The fourth-order valence-electron chi connectivity index (χ4n) is 3.87. The molecule has 4 rings (SSSR count). The van der Waals surface area contributed by atoms with Gasteiger partial charge in [0.25, 0.3) is 0 Å². The maximum atomic E-state index is 14.4. The summed E-state index contributed by atoms with van der Waals surface area (Å²) in [4.78, 5) is 21.3. The molecule has 0 aliphatic heterocycles. The topological polar surface area (TPSA) is 92.9 Å². The molecule has 0 spiro atoms. The lowest BCUT2D eigenvalue weighted by molar-refractivity contribution is 0.0725. The van der Waals surface area contributed by atoms with Crippen molar-refractivity contribution in [2.45, 2.75) is 45.1 Å². The van der Waals surface area contributed by atoms with Crippen molar-refractivity contribution >= 4 is 27.5 Å². The summed E-state index contributed by atoms with van der Waals surface area (Å²) in [6, 6.07) is 8.98. The number of rotatable bonds is 6. The van der Waals surface area contributed by atoms with E-state index in [2.05, 4.69) is 36.3 Å². The third-order valence-electron chi connectivity index (χ3n) is 5.63. The van der Waals surface area contributed by atoms with Gasteiger partial charge >= 0.3 is 0 Å². The molecule has 0 saturated heterocycles. The summed E-state index contributed by atoms with van der Waals surface area (Å²) in [5, 5.41) is 17.4. The molecule has 1 fully saturated rings. The molecule has 7 nitrogen and oxygen atoms in total. The highest BCUT2D eigenvalue weighted by molar-refractivity contribution is 9.10. The number of aryl methyl sites for hydroxylation is 1. The highest BCUT2D eigenvalue weighted by atomic mass is 79.9. The number of aliphatic hydroxyl groups is 1. The molecule has 2 heterocycles. The molecule has 0 radical (unpaired) electrons. The second-order valence-corrected chi connectivity index (χ2v) is 8.89. The van der Waals surface area contributed by atoms with Gasteiger partial charge in [-0.1, -0.05) is 35.0 Å². The molecule has 0 amide bonds. The van der Waals surface area contributed by atoms with Crippen LogP contribution in [0.3, 0.4) is 0 Å². The SMILES string of the molecule is Cc1cc(C(=O)c2cncnc2N[C@@H]2C[C@@H](C)[C@@H](O)[C@@H]2F)nn1Cc1cccc(Br)c1. The number of carbonyl (C=O) groups excluding carboxylic acids is 1. The van der Waals surface area contributed by atoms with E-state index in [0.29, 0.717) is 13.0 Å². The average molecular weight is 488 g/mol. The molecule has 3 aromatic rings. The lowest BCUT2D eigenvalue weighted by Gasteiger charge is -2.18. The summed E-state index contributed by atoms with van der Waals surface area (Å²) in [5.74, 6) is -0.279. The minimum atomic E-state index is -1.43. The van der Waals surface area contributed by atoms with Crippen molar-refractivity contribution in [2.24, 2.45) is 5.92 Å². The summed E-state index contributed by atoms with van der Waals surface area (Å²) in [7, 11) is 0. The smallest absolute Gasteiger partial charge is 0.218 e. The molecule has 0 bridgehead atoms. The Morgan fingerprint density at radius 1 is 1.39 bits per heavy atom. The number of benzene rings is 1. The van der Waals surface area contributed by atoms with Gasteiger partial charge in [0, 0.05) is 16.4 Å². The molecule has 31 heavy (non-hydrogen) atoms. The van der Waals surface area contributed by atoms with E-state index in [9.17, 15) is 14.3 Å². The number of carbonyl (C=O) groups is 1. The van der Waals surface area contributed by atoms with E-state index >= 15 is 0 Å². The molecule has 4 atom stereocenters. The predicted octanol–water partition coefficient (Wildman–Crippen LogP) is 3.54. The van der Waals surface area contributed by atoms with Crippen LogP contribution in [0.25, 0.3) is 0 Å². The zero-order valence-electron chi connectivity index (χ0n) is 17.2. The second kappa shape index (κ2) is 8.84. The lowest BCUT2D eigenvalue weighted by Crippen LogP contribution is -2.32. The van der Waals surface area contributed by atoms with E-state index in [-0.39, 0.29) is 28.8 Å². The number of hydrogen-bond donors (Lipinski definition) is 2. The van der Waals surface area contributed by atoms with Gasteiger partial charge in [0.1, 0.15) is 24.0 Å². The monoisotopic (exact) mass is 487 g/mol. The number of anilines is 1. The number of aromatic nitrogens is 4. The number of ketones is 1. The highest BCUT2D eigenvalue weighted by Crippen LogP contribution is 2.31. The first-order valence-corrected chi connectivity index (χ1v) is 10.8. The Hall–Kier alpha value is -2.65. The van der Waals surface area contributed by atoms with Gasteiger partial charge in [-0.25, -0.2) is 14.4 Å². The van der Waals surface area contributed by atoms with Gasteiger partial charge in [-0.15, -0.1) is 0 Å². The van der Waals surface area contributed by atoms with Gasteiger partial charge in [0.05, 0.1) is 24.3 Å². The highest BCUT2D eigenvalue weighted by Gasteiger charge is 2.41. The maximum Gasteiger partial charge on any atom is 0.218 e. The van der Waals surface area contributed by atoms with Crippen molar-refractivity contribution in [3.63, 3.8) is 0 Å². The standard InChI is InChI=1S/C22H23BrFN5O2/c1-12-6-17(19(24)20(12)30)27-22-16(9-25-11-26-22)21(31)18-7-13(2)29(28-18)10-14-4-3-5-15(23)8-14/h3-5,7-9,11-12,17,19-20,30H,6,10H2,1-2H3,(H,25,26,27)/t12-,17-,19-,20-/m1/s1. The van der Waals surface area contributed by atoms with E-state index in [1.54, 1.807) is 17.7 Å². The third kappa shape index (κ3) is 4.52. The zero-order valence-corrected chi connectivity index (χ0v) is 18.8. The van der Waals surface area contributed by atoms with Crippen molar-refractivity contribution < 1.29 is 14.3 Å². The predicted molar refractivity (Wildman–Crippen MR) is 118 cm³/mol. The Morgan fingerprint density at radius 3 is 2.90 bits per heavy atom. The Balaban J connectivity index is 1.57. The number of nitrogens with zero attached hydrogens (tertiary/aromatic N) is 4. The normalized spacial score (nSPS) is 23.1. The fraction of sp³-hybridized carbons (Fsp3) is 0.364. The van der Waals surface area contributed by atoms with Crippen LogP contribution in [-0.2, 0) is 6.54 Å². The Labute approximate surface area is 187 Å². The molecule has 1 saturated carbocycles. The molecule has 1 aromatic carbocycles. The zero-order chi connectivity index (χ0) is 22.1. The van der Waals surface area contributed by atoms with Crippen LogP contribution in [0.15, 0.2) is 47.3 Å². The molecule has 162 valence electrons. The van der Waals surface area contributed by atoms with Gasteiger partial charge < -0.3 is 10.4 Å². The molecule has 0 unspecified atom stereocenters. The number of hydrogen-bond acceptors (Lipinski definition) is 6. The lowest BCUT2D eigenvalue weighted by atomic mass is 10.1. The molecular weight excluding hydrogens is 465 g/mol. The van der Waals surface area contributed by atoms with Crippen LogP contribution in [0.2, 0.25) is 0 Å². The third-order valence-corrected chi connectivity index (χ3v) is 6.13. The van der Waals surface area contributed by atoms with Crippen LogP contribution in [0.4, 0.5) is 10.2 Å². The molecule has 1 aliphatic carbocycles.